The maximum atomic E-state index is 13.3. The van der Waals surface area contributed by atoms with Crippen LogP contribution in [0.2, 0.25) is 0 Å². The first-order chi connectivity index (χ1) is 6.61. The molecule has 0 saturated carbocycles. The molecule has 1 aromatic rings. The van der Waals surface area contributed by atoms with Crippen molar-refractivity contribution in [1.82, 2.24) is 0 Å². The molecular weight excluding hydrogens is 256 g/mol. The Morgan fingerprint density at radius 3 is 2.86 bits per heavy atom. The van der Waals surface area contributed by atoms with E-state index < -0.39 is 11.6 Å². The molecule has 0 amide bonds. The molecule has 0 bridgehead atoms. The van der Waals surface area contributed by atoms with Crippen LogP contribution in [-0.4, -0.2) is 6.61 Å². The summed E-state index contributed by atoms with van der Waals surface area (Å²) in [7, 11) is 0. The van der Waals surface area contributed by atoms with Crippen LogP contribution in [0, 0.1) is 11.6 Å². The van der Waals surface area contributed by atoms with Crippen molar-refractivity contribution in [2.75, 3.05) is 6.61 Å². The molecule has 0 fully saturated rings. The topological polar surface area (TPSA) is 35.2 Å². The standard InChI is InChI=1S/C9H8BrF2NO/c10-5-3-4-6(13)1-2-14-9(4)8(12)7(5)11/h3,6H,1-2,13H2/t6-/m1/s1. The van der Waals surface area contributed by atoms with E-state index in [9.17, 15) is 8.78 Å². The minimum atomic E-state index is -0.968. The van der Waals surface area contributed by atoms with Crippen LogP contribution in [0.4, 0.5) is 8.78 Å². The van der Waals surface area contributed by atoms with Gasteiger partial charge in [-0.15, -0.1) is 0 Å². The minimum absolute atomic E-state index is 0.0514. The largest absolute Gasteiger partial charge is 0.490 e. The van der Waals surface area contributed by atoms with Crippen molar-refractivity contribution in [3.8, 4) is 5.75 Å². The summed E-state index contributed by atoms with van der Waals surface area (Å²) < 4.78 is 31.6. The first kappa shape index (κ1) is 9.86. The first-order valence-corrected chi connectivity index (χ1v) is 4.96. The molecule has 0 aliphatic carbocycles. The molecule has 2 nitrogen and oxygen atoms in total. The third kappa shape index (κ3) is 1.40. The van der Waals surface area contributed by atoms with Crippen LogP contribution in [0.3, 0.4) is 0 Å². The normalized spacial score (nSPS) is 20.1. The molecule has 1 aromatic carbocycles. The fourth-order valence-corrected chi connectivity index (χ4v) is 1.88. The van der Waals surface area contributed by atoms with Gasteiger partial charge in [0.2, 0.25) is 5.82 Å². The van der Waals surface area contributed by atoms with Gasteiger partial charge in [-0.25, -0.2) is 4.39 Å². The summed E-state index contributed by atoms with van der Waals surface area (Å²) >= 11 is 2.93. The second-order valence-corrected chi connectivity index (χ2v) is 4.00. The van der Waals surface area contributed by atoms with Gasteiger partial charge in [-0.05, 0) is 22.0 Å². The van der Waals surface area contributed by atoms with Crippen molar-refractivity contribution in [2.24, 2.45) is 5.73 Å². The van der Waals surface area contributed by atoms with Gasteiger partial charge in [0.25, 0.3) is 0 Å². The van der Waals surface area contributed by atoms with Crippen molar-refractivity contribution >= 4 is 15.9 Å². The molecular formula is C9H8BrF2NO. The fourth-order valence-electron chi connectivity index (χ4n) is 1.46. The molecule has 5 heteroatoms. The van der Waals surface area contributed by atoms with Crippen LogP contribution >= 0.6 is 15.9 Å². The minimum Gasteiger partial charge on any atom is -0.490 e. The van der Waals surface area contributed by atoms with Crippen molar-refractivity contribution in [1.29, 1.82) is 0 Å². The zero-order chi connectivity index (χ0) is 10.3. The highest BCUT2D eigenvalue weighted by molar-refractivity contribution is 9.10. The van der Waals surface area contributed by atoms with E-state index in [-0.39, 0.29) is 16.3 Å². The zero-order valence-electron chi connectivity index (χ0n) is 7.19. The van der Waals surface area contributed by atoms with E-state index in [1.54, 1.807) is 0 Å². The molecule has 2 rings (SSSR count). The molecule has 1 aliphatic heterocycles. The summed E-state index contributed by atoms with van der Waals surface area (Å²) in [6.07, 6.45) is 0.616. The fraction of sp³-hybridized carbons (Fsp3) is 0.333. The Balaban J connectivity index is 2.63. The number of halogens is 3. The van der Waals surface area contributed by atoms with E-state index in [4.69, 9.17) is 10.5 Å². The Bertz CT molecular complexity index is 384. The van der Waals surface area contributed by atoms with E-state index in [0.717, 1.165) is 0 Å². The van der Waals surface area contributed by atoms with Crippen molar-refractivity contribution in [2.45, 2.75) is 12.5 Å². The average molecular weight is 264 g/mol. The number of hydrogen-bond donors (Lipinski definition) is 1. The van der Waals surface area contributed by atoms with Crippen molar-refractivity contribution < 1.29 is 13.5 Å². The van der Waals surface area contributed by atoms with Crippen molar-refractivity contribution in [3.05, 3.63) is 27.7 Å². The van der Waals surface area contributed by atoms with Gasteiger partial charge >= 0.3 is 0 Å². The van der Waals surface area contributed by atoms with Crippen LogP contribution in [-0.2, 0) is 0 Å². The summed E-state index contributed by atoms with van der Waals surface area (Å²) in [6, 6.07) is 1.18. The smallest absolute Gasteiger partial charge is 0.202 e. The molecule has 0 unspecified atom stereocenters. The molecule has 2 N–H and O–H groups in total. The van der Waals surface area contributed by atoms with E-state index >= 15 is 0 Å². The number of fused-ring (bicyclic) bond motifs is 1. The lowest BCUT2D eigenvalue weighted by Crippen LogP contribution is -2.21. The molecule has 76 valence electrons. The van der Waals surface area contributed by atoms with E-state index in [1.807, 2.05) is 0 Å². The monoisotopic (exact) mass is 263 g/mol. The van der Waals surface area contributed by atoms with Crippen LogP contribution in [0.5, 0.6) is 5.75 Å². The Hall–Kier alpha value is -0.680. The molecule has 1 heterocycles. The molecule has 0 spiro atoms. The van der Waals surface area contributed by atoms with Crippen molar-refractivity contribution in [3.63, 3.8) is 0 Å². The van der Waals surface area contributed by atoms with Crippen LogP contribution in [0.1, 0.15) is 18.0 Å². The zero-order valence-corrected chi connectivity index (χ0v) is 8.77. The first-order valence-electron chi connectivity index (χ1n) is 4.17. The summed E-state index contributed by atoms with van der Waals surface area (Å²) in [5, 5.41) is 0. The van der Waals surface area contributed by atoms with E-state index in [0.29, 0.717) is 18.6 Å². The summed E-state index contributed by atoms with van der Waals surface area (Å²) in [5.74, 6) is -1.95. The highest BCUT2D eigenvalue weighted by Gasteiger charge is 2.25. The lowest BCUT2D eigenvalue weighted by molar-refractivity contribution is 0.250. The predicted octanol–water partition coefficient (Wildman–Crippen LogP) is 2.51. The van der Waals surface area contributed by atoms with Gasteiger partial charge in [-0.3, -0.25) is 0 Å². The Kier molecular flexibility index (Phi) is 2.45. The Morgan fingerprint density at radius 2 is 2.14 bits per heavy atom. The molecule has 0 aromatic heterocycles. The SMILES string of the molecule is N[C@@H]1CCOc2c1cc(Br)c(F)c2F. The third-order valence-electron chi connectivity index (χ3n) is 2.22. The van der Waals surface area contributed by atoms with E-state index in [2.05, 4.69) is 15.9 Å². The second kappa shape index (κ2) is 3.47. The maximum absolute atomic E-state index is 13.3. The van der Waals surface area contributed by atoms with Gasteiger partial charge < -0.3 is 10.5 Å². The third-order valence-corrected chi connectivity index (χ3v) is 2.80. The Morgan fingerprint density at radius 1 is 1.43 bits per heavy atom. The van der Waals surface area contributed by atoms with Crippen LogP contribution < -0.4 is 10.5 Å². The molecule has 0 radical (unpaired) electrons. The maximum Gasteiger partial charge on any atom is 0.202 e. The lowest BCUT2D eigenvalue weighted by atomic mass is 10.0. The van der Waals surface area contributed by atoms with Gasteiger partial charge in [0.05, 0.1) is 11.1 Å². The number of ether oxygens (including phenoxy) is 1. The number of benzene rings is 1. The number of hydrogen-bond acceptors (Lipinski definition) is 2. The van der Waals surface area contributed by atoms with Gasteiger partial charge in [0.15, 0.2) is 11.6 Å². The molecule has 1 atom stereocenters. The lowest BCUT2D eigenvalue weighted by Gasteiger charge is -2.23. The van der Waals surface area contributed by atoms with Gasteiger partial charge in [-0.1, -0.05) is 0 Å². The Labute approximate surface area is 88.2 Å². The quantitative estimate of drug-likeness (QED) is 0.731. The summed E-state index contributed by atoms with van der Waals surface area (Å²) in [5.41, 5.74) is 6.26. The van der Waals surface area contributed by atoms with Gasteiger partial charge in [-0.2, -0.15) is 4.39 Å². The van der Waals surface area contributed by atoms with Crippen LogP contribution in [0.25, 0.3) is 0 Å². The molecule has 1 aliphatic rings. The van der Waals surface area contributed by atoms with Gasteiger partial charge in [0.1, 0.15) is 0 Å². The highest BCUT2D eigenvalue weighted by atomic mass is 79.9. The summed E-state index contributed by atoms with van der Waals surface area (Å²) in [6.45, 7) is 0.326. The number of nitrogens with two attached hydrogens (primary N) is 1. The number of rotatable bonds is 0. The molecule has 14 heavy (non-hydrogen) atoms. The highest BCUT2D eigenvalue weighted by Crippen LogP contribution is 2.37. The van der Waals surface area contributed by atoms with Gasteiger partial charge in [0, 0.05) is 18.0 Å². The van der Waals surface area contributed by atoms with E-state index in [1.165, 1.54) is 6.07 Å². The average Bonchev–Trinajstić information content (AvgIpc) is 2.17. The summed E-state index contributed by atoms with van der Waals surface area (Å²) in [4.78, 5) is 0. The predicted molar refractivity (Wildman–Crippen MR) is 51.1 cm³/mol. The second-order valence-electron chi connectivity index (χ2n) is 3.15. The van der Waals surface area contributed by atoms with Crippen LogP contribution in [0.15, 0.2) is 10.5 Å². The molecule has 0 saturated heterocycles.